The molecule has 0 unspecified atom stereocenters. The minimum atomic E-state index is -0.866. The molecule has 3 rings (SSSR count). The van der Waals surface area contributed by atoms with Crippen molar-refractivity contribution in [2.24, 2.45) is 28.6 Å². The average Bonchev–Trinajstić information content (AvgIpc) is 2.78. The van der Waals surface area contributed by atoms with Crippen molar-refractivity contribution < 1.29 is 15.0 Å². The summed E-state index contributed by atoms with van der Waals surface area (Å²) in [5, 5.41) is 20.7. The second kappa shape index (κ2) is 4.83. The van der Waals surface area contributed by atoms with Gasteiger partial charge in [-0.2, -0.15) is 0 Å². The van der Waals surface area contributed by atoms with E-state index < -0.39 is 11.6 Å². The molecular weight excluding hydrogens is 276 g/mol. The van der Waals surface area contributed by atoms with Gasteiger partial charge in [-0.3, -0.25) is 0 Å². The van der Waals surface area contributed by atoms with Crippen LogP contribution in [0.5, 0.6) is 0 Å². The lowest BCUT2D eigenvalue weighted by atomic mass is 9.57. The molecule has 124 valence electrons. The van der Waals surface area contributed by atoms with Crippen LogP contribution in [0.15, 0.2) is 12.2 Å². The predicted molar refractivity (Wildman–Crippen MR) is 86.4 cm³/mol. The molecule has 2 N–H and O–H groups in total. The highest BCUT2D eigenvalue weighted by Gasteiger charge is 2.70. The summed E-state index contributed by atoms with van der Waals surface area (Å²) in [5.74, 6) is 0.182. The quantitative estimate of drug-likeness (QED) is 0.775. The third-order valence-corrected chi connectivity index (χ3v) is 8.12. The van der Waals surface area contributed by atoms with Crippen molar-refractivity contribution in [3.63, 3.8) is 0 Å². The topological polar surface area (TPSA) is 57.5 Å². The Morgan fingerprint density at radius 1 is 1.05 bits per heavy atom. The van der Waals surface area contributed by atoms with Crippen molar-refractivity contribution in [2.75, 3.05) is 0 Å². The standard InChI is InChI=1S/C19H30O3/c1-12(16(20)21)13-5-7-14(8-6-13)19(22)11-15-9-10-18(19,4)17(15,2)3/h13-15,22H,1,5-11H2,2-4H3,(H,20,21)/t13?,14?,15-,18-,19-/m1/s1. The van der Waals surface area contributed by atoms with Gasteiger partial charge in [0.15, 0.2) is 0 Å². The van der Waals surface area contributed by atoms with Crippen LogP contribution in [0, 0.1) is 28.6 Å². The summed E-state index contributed by atoms with van der Waals surface area (Å²) in [6.45, 7) is 10.7. The van der Waals surface area contributed by atoms with Gasteiger partial charge >= 0.3 is 5.97 Å². The molecule has 3 fully saturated rings. The molecule has 0 spiro atoms. The van der Waals surface area contributed by atoms with Gasteiger partial charge in [0.25, 0.3) is 0 Å². The normalized spacial score (nSPS) is 46.6. The highest BCUT2D eigenvalue weighted by atomic mass is 16.4. The zero-order chi connectivity index (χ0) is 16.3. The first-order valence-corrected chi connectivity index (χ1v) is 8.78. The number of hydrogen-bond donors (Lipinski definition) is 2. The molecule has 0 amide bonds. The molecule has 2 bridgehead atoms. The minimum Gasteiger partial charge on any atom is -0.478 e. The molecule has 3 atom stereocenters. The molecule has 3 nitrogen and oxygen atoms in total. The molecule has 0 aliphatic heterocycles. The van der Waals surface area contributed by atoms with E-state index in [9.17, 15) is 9.90 Å². The Labute approximate surface area is 133 Å². The van der Waals surface area contributed by atoms with Crippen LogP contribution >= 0.6 is 0 Å². The van der Waals surface area contributed by atoms with Crippen LogP contribution in [-0.2, 0) is 4.79 Å². The molecule has 0 saturated heterocycles. The number of carboxylic acid groups (broad SMARTS) is 1. The molecule has 3 aliphatic carbocycles. The fourth-order valence-electron chi connectivity index (χ4n) is 6.04. The van der Waals surface area contributed by atoms with Gasteiger partial charge in [0.2, 0.25) is 0 Å². The lowest BCUT2D eigenvalue weighted by Gasteiger charge is -2.51. The van der Waals surface area contributed by atoms with Crippen molar-refractivity contribution in [1.82, 2.24) is 0 Å². The van der Waals surface area contributed by atoms with Gasteiger partial charge in [0.1, 0.15) is 0 Å². The van der Waals surface area contributed by atoms with Crippen LogP contribution in [0.25, 0.3) is 0 Å². The molecule has 3 aliphatic rings. The Balaban J connectivity index is 1.75. The maximum absolute atomic E-state index is 11.6. The Morgan fingerprint density at radius 2 is 1.64 bits per heavy atom. The molecule has 0 aromatic rings. The maximum Gasteiger partial charge on any atom is 0.331 e. The molecule has 22 heavy (non-hydrogen) atoms. The smallest absolute Gasteiger partial charge is 0.331 e. The average molecular weight is 306 g/mol. The first-order chi connectivity index (χ1) is 10.1. The fraction of sp³-hybridized carbons (Fsp3) is 0.842. The van der Waals surface area contributed by atoms with Crippen molar-refractivity contribution in [2.45, 2.75) is 71.3 Å². The molecule has 0 heterocycles. The number of aliphatic hydroxyl groups is 1. The third kappa shape index (κ3) is 1.87. The minimum absolute atomic E-state index is 0.00593. The predicted octanol–water partition coefficient (Wildman–Crippen LogP) is 4.01. The lowest BCUT2D eigenvalue weighted by Crippen LogP contribution is -2.53. The second-order valence-electron chi connectivity index (χ2n) is 8.80. The van der Waals surface area contributed by atoms with Gasteiger partial charge in [-0.25, -0.2) is 4.79 Å². The Hall–Kier alpha value is -0.830. The highest BCUT2D eigenvalue weighted by Crippen LogP contribution is 2.72. The van der Waals surface area contributed by atoms with Crippen molar-refractivity contribution in [1.29, 1.82) is 0 Å². The first kappa shape index (κ1) is 16.0. The van der Waals surface area contributed by atoms with Crippen LogP contribution < -0.4 is 0 Å². The molecule has 0 aromatic heterocycles. The van der Waals surface area contributed by atoms with E-state index in [0.29, 0.717) is 17.4 Å². The van der Waals surface area contributed by atoms with E-state index in [2.05, 4.69) is 27.4 Å². The van der Waals surface area contributed by atoms with Crippen molar-refractivity contribution in [3.05, 3.63) is 12.2 Å². The number of fused-ring (bicyclic) bond motifs is 2. The number of hydrogen-bond acceptors (Lipinski definition) is 2. The van der Waals surface area contributed by atoms with Crippen LogP contribution in [-0.4, -0.2) is 21.8 Å². The van der Waals surface area contributed by atoms with Gasteiger partial charge < -0.3 is 10.2 Å². The SMILES string of the molecule is C=C(C(=O)O)C1CCC([C@]2(O)C[C@H]3CC[C@]2(C)C3(C)C)CC1. The summed E-state index contributed by atoms with van der Waals surface area (Å²) < 4.78 is 0. The summed E-state index contributed by atoms with van der Waals surface area (Å²) in [4.78, 5) is 11.1. The van der Waals surface area contributed by atoms with Gasteiger partial charge in [0.05, 0.1) is 5.60 Å². The number of rotatable bonds is 3. The number of carboxylic acids is 1. The highest BCUT2D eigenvalue weighted by molar-refractivity contribution is 5.86. The first-order valence-electron chi connectivity index (χ1n) is 8.78. The van der Waals surface area contributed by atoms with Crippen LogP contribution in [0.1, 0.15) is 65.7 Å². The Morgan fingerprint density at radius 3 is 2.05 bits per heavy atom. The van der Waals surface area contributed by atoms with E-state index >= 15 is 0 Å². The largest absolute Gasteiger partial charge is 0.478 e. The Kier molecular flexibility index (Phi) is 3.52. The summed E-state index contributed by atoms with van der Waals surface area (Å²) in [7, 11) is 0. The zero-order valence-electron chi connectivity index (χ0n) is 14.2. The molecule has 3 saturated carbocycles. The summed E-state index contributed by atoms with van der Waals surface area (Å²) in [6.07, 6.45) is 6.90. The van der Waals surface area contributed by atoms with Crippen molar-refractivity contribution in [3.8, 4) is 0 Å². The van der Waals surface area contributed by atoms with E-state index in [4.69, 9.17) is 5.11 Å². The van der Waals surface area contributed by atoms with Gasteiger partial charge in [-0.1, -0.05) is 27.4 Å². The van der Waals surface area contributed by atoms with E-state index in [0.717, 1.165) is 38.5 Å². The van der Waals surface area contributed by atoms with Crippen LogP contribution in [0.2, 0.25) is 0 Å². The summed E-state index contributed by atoms with van der Waals surface area (Å²) in [5.41, 5.74) is 0.00871. The van der Waals surface area contributed by atoms with E-state index in [1.165, 1.54) is 6.42 Å². The lowest BCUT2D eigenvalue weighted by molar-refractivity contribution is -0.140. The van der Waals surface area contributed by atoms with E-state index in [1.54, 1.807) is 0 Å². The van der Waals surface area contributed by atoms with Crippen LogP contribution in [0.3, 0.4) is 0 Å². The summed E-state index contributed by atoms with van der Waals surface area (Å²) in [6, 6.07) is 0. The van der Waals surface area contributed by atoms with E-state index in [1.807, 2.05) is 0 Å². The van der Waals surface area contributed by atoms with Gasteiger partial charge in [-0.15, -0.1) is 0 Å². The van der Waals surface area contributed by atoms with Gasteiger partial charge in [-0.05, 0) is 68.1 Å². The summed E-state index contributed by atoms with van der Waals surface area (Å²) >= 11 is 0. The number of aliphatic carboxylic acids is 1. The van der Waals surface area contributed by atoms with Crippen molar-refractivity contribution >= 4 is 5.97 Å². The second-order valence-corrected chi connectivity index (χ2v) is 8.80. The number of carbonyl (C=O) groups is 1. The monoisotopic (exact) mass is 306 g/mol. The molecule has 0 radical (unpaired) electrons. The fourth-order valence-corrected chi connectivity index (χ4v) is 6.04. The van der Waals surface area contributed by atoms with Crippen LogP contribution in [0.4, 0.5) is 0 Å². The van der Waals surface area contributed by atoms with E-state index in [-0.39, 0.29) is 16.7 Å². The zero-order valence-corrected chi connectivity index (χ0v) is 14.2. The third-order valence-electron chi connectivity index (χ3n) is 8.12. The molecule has 3 heteroatoms. The molecule has 0 aromatic carbocycles. The van der Waals surface area contributed by atoms with Gasteiger partial charge in [0, 0.05) is 11.0 Å². The Bertz CT molecular complexity index is 501. The molecular formula is C19H30O3. The maximum atomic E-state index is 11.6.